The Labute approximate surface area is 127 Å². The monoisotopic (exact) mass is 287 g/mol. The minimum Gasteiger partial charge on any atom is -0.508 e. The second kappa shape index (κ2) is 6.18. The molecule has 1 heterocycles. The second-order valence-electron chi connectivity index (χ2n) is 6.56. The molecule has 1 aliphatic heterocycles. The molecule has 1 N–H and O–H groups in total. The van der Waals surface area contributed by atoms with Crippen molar-refractivity contribution in [3.8, 4) is 5.75 Å². The molecule has 114 valence electrons. The lowest BCUT2D eigenvalue weighted by atomic mass is 9.84. The maximum atomic E-state index is 13.0. The van der Waals surface area contributed by atoms with Crippen molar-refractivity contribution in [3.05, 3.63) is 29.8 Å². The third-order valence-corrected chi connectivity index (χ3v) is 5.19. The van der Waals surface area contributed by atoms with Gasteiger partial charge in [0.25, 0.3) is 0 Å². The molecule has 1 saturated carbocycles. The molecule has 3 heteroatoms. The summed E-state index contributed by atoms with van der Waals surface area (Å²) in [5.74, 6) is 0.603. The summed E-state index contributed by atoms with van der Waals surface area (Å²) in [7, 11) is 0. The van der Waals surface area contributed by atoms with E-state index in [0.717, 1.165) is 31.5 Å². The molecule has 0 amide bonds. The summed E-state index contributed by atoms with van der Waals surface area (Å²) in [6.07, 6.45) is 8.57. The van der Waals surface area contributed by atoms with E-state index in [-0.39, 0.29) is 11.3 Å². The van der Waals surface area contributed by atoms with Crippen LogP contribution in [-0.2, 0) is 11.2 Å². The van der Waals surface area contributed by atoms with Crippen LogP contribution in [0.4, 0.5) is 0 Å². The molecule has 0 bridgehead atoms. The SMILES string of the molecule is O=C(Cc1cccc(O)c1)C1(N2CCCCC2)CCCC1. The van der Waals surface area contributed by atoms with Gasteiger partial charge >= 0.3 is 0 Å². The number of likely N-dealkylation sites (tertiary alicyclic amines) is 1. The Bertz CT molecular complexity index is 500. The lowest BCUT2D eigenvalue weighted by Gasteiger charge is -2.42. The summed E-state index contributed by atoms with van der Waals surface area (Å²) < 4.78 is 0. The molecule has 2 aliphatic rings. The fourth-order valence-corrected chi connectivity index (χ4v) is 4.07. The van der Waals surface area contributed by atoms with Crippen molar-refractivity contribution in [2.75, 3.05) is 13.1 Å². The van der Waals surface area contributed by atoms with Crippen molar-refractivity contribution < 1.29 is 9.90 Å². The summed E-state index contributed by atoms with van der Waals surface area (Å²) in [6.45, 7) is 2.15. The Hall–Kier alpha value is -1.35. The van der Waals surface area contributed by atoms with E-state index in [4.69, 9.17) is 0 Å². The molecule has 21 heavy (non-hydrogen) atoms. The Kier molecular flexibility index (Phi) is 4.29. The van der Waals surface area contributed by atoms with Crippen LogP contribution >= 0.6 is 0 Å². The number of Topliss-reactive ketones (excluding diaryl/α,β-unsaturated/α-hetero) is 1. The second-order valence-corrected chi connectivity index (χ2v) is 6.56. The maximum Gasteiger partial charge on any atom is 0.157 e. The highest BCUT2D eigenvalue weighted by Gasteiger charge is 2.45. The van der Waals surface area contributed by atoms with Gasteiger partial charge in [-0.1, -0.05) is 31.4 Å². The van der Waals surface area contributed by atoms with Crippen LogP contribution in [0.15, 0.2) is 24.3 Å². The van der Waals surface area contributed by atoms with Crippen molar-refractivity contribution >= 4 is 5.78 Å². The first-order valence-corrected chi connectivity index (χ1v) is 8.27. The number of phenolic OH excluding ortho intramolecular Hbond substituents is 1. The zero-order valence-electron chi connectivity index (χ0n) is 12.7. The largest absolute Gasteiger partial charge is 0.508 e. The third kappa shape index (κ3) is 2.98. The lowest BCUT2D eigenvalue weighted by molar-refractivity contribution is -0.131. The van der Waals surface area contributed by atoms with E-state index in [9.17, 15) is 9.90 Å². The Morgan fingerprint density at radius 2 is 1.81 bits per heavy atom. The molecule has 0 spiro atoms. The molecule has 0 unspecified atom stereocenters. The average Bonchev–Trinajstić information content (AvgIpc) is 2.99. The zero-order valence-corrected chi connectivity index (χ0v) is 12.7. The molecule has 1 aromatic carbocycles. The summed E-state index contributed by atoms with van der Waals surface area (Å²) in [5, 5.41) is 9.58. The first-order valence-electron chi connectivity index (χ1n) is 8.27. The van der Waals surface area contributed by atoms with Gasteiger partial charge in [-0.25, -0.2) is 0 Å². The topological polar surface area (TPSA) is 40.5 Å². The fraction of sp³-hybridized carbons (Fsp3) is 0.611. The van der Waals surface area contributed by atoms with Crippen LogP contribution in [0, 0.1) is 0 Å². The average molecular weight is 287 g/mol. The van der Waals surface area contributed by atoms with Gasteiger partial charge in [-0.15, -0.1) is 0 Å². The number of phenols is 1. The molecular weight excluding hydrogens is 262 g/mol. The van der Waals surface area contributed by atoms with Gasteiger partial charge in [0, 0.05) is 6.42 Å². The summed E-state index contributed by atoms with van der Waals surface area (Å²) in [5.41, 5.74) is 0.717. The van der Waals surface area contributed by atoms with E-state index in [1.54, 1.807) is 12.1 Å². The molecule has 0 atom stereocenters. The smallest absolute Gasteiger partial charge is 0.157 e. The molecule has 0 radical (unpaired) electrons. The quantitative estimate of drug-likeness (QED) is 0.923. The highest BCUT2D eigenvalue weighted by atomic mass is 16.3. The van der Waals surface area contributed by atoms with E-state index in [0.29, 0.717) is 12.2 Å². The summed E-state index contributed by atoms with van der Waals surface area (Å²) in [4.78, 5) is 15.5. The number of hydrogen-bond donors (Lipinski definition) is 1. The van der Waals surface area contributed by atoms with Gasteiger partial charge in [0.1, 0.15) is 5.75 Å². The van der Waals surface area contributed by atoms with Crippen molar-refractivity contribution in [2.24, 2.45) is 0 Å². The van der Waals surface area contributed by atoms with Crippen molar-refractivity contribution in [1.82, 2.24) is 4.90 Å². The fourth-order valence-electron chi connectivity index (χ4n) is 4.07. The number of carbonyl (C=O) groups excluding carboxylic acids is 1. The van der Waals surface area contributed by atoms with Gasteiger partial charge < -0.3 is 5.11 Å². The Balaban J connectivity index is 1.78. The first kappa shape index (κ1) is 14.6. The Morgan fingerprint density at radius 3 is 2.48 bits per heavy atom. The van der Waals surface area contributed by atoms with Crippen LogP contribution in [-0.4, -0.2) is 34.4 Å². The molecule has 0 aromatic heterocycles. The predicted molar refractivity (Wildman–Crippen MR) is 83.4 cm³/mol. The van der Waals surface area contributed by atoms with Crippen LogP contribution in [0.25, 0.3) is 0 Å². The number of aromatic hydroxyl groups is 1. The van der Waals surface area contributed by atoms with E-state index >= 15 is 0 Å². The van der Waals surface area contributed by atoms with Gasteiger partial charge in [-0.05, 0) is 56.5 Å². The summed E-state index contributed by atoms with van der Waals surface area (Å²) >= 11 is 0. The van der Waals surface area contributed by atoms with E-state index in [1.807, 2.05) is 12.1 Å². The van der Waals surface area contributed by atoms with Crippen LogP contribution < -0.4 is 0 Å². The number of benzene rings is 1. The van der Waals surface area contributed by atoms with Gasteiger partial charge in [0.2, 0.25) is 0 Å². The zero-order chi connectivity index (χ0) is 14.7. The number of rotatable bonds is 4. The van der Waals surface area contributed by atoms with E-state index in [1.165, 1.54) is 32.1 Å². The number of piperidine rings is 1. The van der Waals surface area contributed by atoms with Crippen LogP contribution in [0.3, 0.4) is 0 Å². The first-order chi connectivity index (χ1) is 10.2. The molecule has 1 aromatic rings. The molecule has 3 nitrogen and oxygen atoms in total. The van der Waals surface area contributed by atoms with E-state index in [2.05, 4.69) is 4.90 Å². The standard InChI is InChI=1S/C18H25NO2/c20-16-8-6-7-15(13-16)14-17(21)18(9-2-3-10-18)19-11-4-1-5-12-19/h6-8,13,20H,1-5,9-12,14H2. The predicted octanol–water partition coefficient (Wildman–Crippen LogP) is 3.30. The minimum atomic E-state index is -0.216. The van der Waals surface area contributed by atoms with Gasteiger partial charge in [0.15, 0.2) is 5.78 Å². The van der Waals surface area contributed by atoms with Crippen molar-refractivity contribution in [2.45, 2.75) is 56.9 Å². The maximum absolute atomic E-state index is 13.0. The van der Waals surface area contributed by atoms with Crippen LogP contribution in [0.2, 0.25) is 0 Å². The van der Waals surface area contributed by atoms with Gasteiger partial charge in [-0.2, -0.15) is 0 Å². The minimum absolute atomic E-state index is 0.216. The molecule has 1 saturated heterocycles. The van der Waals surface area contributed by atoms with Crippen LogP contribution in [0.5, 0.6) is 5.75 Å². The van der Waals surface area contributed by atoms with Crippen LogP contribution in [0.1, 0.15) is 50.5 Å². The number of nitrogens with zero attached hydrogens (tertiary/aromatic N) is 1. The number of ketones is 1. The lowest BCUT2D eigenvalue weighted by Crippen LogP contribution is -2.55. The highest BCUT2D eigenvalue weighted by Crippen LogP contribution is 2.38. The summed E-state index contributed by atoms with van der Waals surface area (Å²) in [6, 6.07) is 7.14. The van der Waals surface area contributed by atoms with Gasteiger partial charge in [-0.3, -0.25) is 9.69 Å². The van der Waals surface area contributed by atoms with Crippen molar-refractivity contribution in [1.29, 1.82) is 0 Å². The van der Waals surface area contributed by atoms with Gasteiger partial charge in [0.05, 0.1) is 5.54 Å². The molecule has 3 rings (SSSR count). The molecule has 2 fully saturated rings. The molecule has 1 aliphatic carbocycles. The number of carbonyl (C=O) groups is 1. The Morgan fingerprint density at radius 1 is 1.10 bits per heavy atom. The highest BCUT2D eigenvalue weighted by molar-refractivity contribution is 5.90. The number of hydrogen-bond acceptors (Lipinski definition) is 3. The molecular formula is C18H25NO2. The van der Waals surface area contributed by atoms with E-state index < -0.39 is 0 Å². The third-order valence-electron chi connectivity index (χ3n) is 5.19. The van der Waals surface area contributed by atoms with Crippen molar-refractivity contribution in [3.63, 3.8) is 0 Å². The normalized spacial score (nSPS) is 22.3.